The van der Waals surface area contributed by atoms with Crippen LogP contribution in [-0.2, 0) is 19.1 Å². The second-order valence-corrected chi connectivity index (χ2v) is 2.58. The summed E-state index contributed by atoms with van der Waals surface area (Å²) in [6, 6.07) is 0. The zero-order chi connectivity index (χ0) is 10.6. The van der Waals surface area contributed by atoms with E-state index in [0.717, 1.165) is 0 Å². The Kier molecular flexibility index (Phi) is 9.88. The number of ether oxygens (including phenoxy) is 2. The Morgan fingerprint density at radius 1 is 1.14 bits per heavy atom. The highest BCUT2D eigenvalue weighted by molar-refractivity contribution is 5.72. The van der Waals surface area contributed by atoms with Gasteiger partial charge in [0.05, 0.1) is 33.0 Å². The minimum atomic E-state index is -0.0510. The zero-order valence-electron chi connectivity index (χ0n) is 8.45. The van der Waals surface area contributed by atoms with Gasteiger partial charge in [0.2, 0.25) is 5.91 Å². The molecule has 0 aliphatic heterocycles. The van der Waals surface area contributed by atoms with Crippen LogP contribution in [0.3, 0.4) is 0 Å². The van der Waals surface area contributed by atoms with Crippen molar-refractivity contribution in [1.29, 1.82) is 0 Å². The summed E-state index contributed by atoms with van der Waals surface area (Å²) in [6.07, 6.45) is 0. The van der Waals surface area contributed by atoms with Gasteiger partial charge in [0.15, 0.2) is 0 Å². The summed E-state index contributed by atoms with van der Waals surface area (Å²) in [6.45, 7) is 4.35. The second kappa shape index (κ2) is 10.4. The van der Waals surface area contributed by atoms with Gasteiger partial charge in [-0.2, -0.15) is 0 Å². The molecule has 3 N–H and O–H groups in total. The maximum Gasteiger partial charge on any atom is 0.216 e. The Balaban J connectivity index is 2.88. The van der Waals surface area contributed by atoms with E-state index in [4.69, 9.17) is 15.4 Å². The van der Waals surface area contributed by atoms with Gasteiger partial charge in [-0.3, -0.25) is 4.79 Å². The third-order valence-corrected chi connectivity index (χ3v) is 1.34. The summed E-state index contributed by atoms with van der Waals surface area (Å²) < 4.78 is 10.2. The van der Waals surface area contributed by atoms with E-state index in [2.05, 4.69) is 10.2 Å². The third kappa shape index (κ3) is 11.3. The van der Waals surface area contributed by atoms with Crippen molar-refractivity contribution in [2.75, 3.05) is 39.6 Å². The first-order valence-electron chi connectivity index (χ1n) is 4.49. The quantitative estimate of drug-likeness (QED) is 0.375. The fraction of sp³-hybridized carbons (Fsp3) is 0.875. The van der Waals surface area contributed by atoms with Crippen molar-refractivity contribution in [3.05, 3.63) is 0 Å². The van der Waals surface area contributed by atoms with Crippen LogP contribution in [0.5, 0.6) is 0 Å². The third-order valence-electron chi connectivity index (χ3n) is 1.34. The maximum atomic E-state index is 10.4. The number of hydrogen-bond acceptors (Lipinski definition) is 5. The average Bonchev–Trinajstić information content (AvgIpc) is 2.15. The van der Waals surface area contributed by atoms with Crippen LogP contribution in [0.2, 0.25) is 0 Å². The first kappa shape index (κ1) is 13.3. The molecule has 84 valence electrons. The number of rotatable bonds is 9. The van der Waals surface area contributed by atoms with Crippen LogP contribution in [0.25, 0.3) is 0 Å². The number of carbonyl (C=O) groups is 1. The van der Waals surface area contributed by atoms with Gasteiger partial charge in [-0.15, -0.1) is 0 Å². The smallest absolute Gasteiger partial charge is 0.216 e. The number of amides is 1. The van der Waals surface area contributed by atoms with Crippen LogP contribution < -0.4 is 11.2 Å². The minimum absolute atomic E-state index is 0.0510. The highest BCUT2D eigenvalue weighted by atomic mass is 16.6. The Hall–Kier alpha value is -0.690. The molecule has 0 fully saturated rings. The van der Waals surface area contributed by atoms with Crippen molar-refractivity contribution in [3.63, 3.8) is 0 Å². The normalized spacial score (nSPS) is 10.1. The van der Waals surface area contributed by atoms with Gasteiger partial charge in [0.1, 0.15) is 0 Å². The average molecular weight is 206 g/mol. The molecule has 0 atom stereocenters. The van der Waals surface area contributed by atoms with Crippen molar-refractivity contribution in [2.24, 2.45) is 5.90 Å². The Morgan fingerprint density at radius 3 is 2.29 bits per heavy atom. The highest BCUT2D eigenvalue weighted by Crippen LogP contribution is 1.78. The zero-order valence-corrected chi connectivity index (χ0v) is 8.45. The second-order valence-electron chi connectivity index (χ2n) is 2.58. The Morgan fingerprint density at radius 2 is 1.71 bits per heavy atom. The minimum Gasteiger partial charge on any atom is -0.377 e. The number of carbonyl (C=O) groups excluding carboxylic acids is 1. The summed E-state index contributed by atoms with van der Waals surface area (Å²) in [5.74, 6) is 4.73. The van der Waals surface area contributed by atoms with E-state index < -0.39 is 0 Å². The van der Waals surface area contributed by atoms with Gasteiger partial charge in [-0.1, -0.05) is 0 Å². The van der Waals surface area contributed by atoms with Crippen LogP contribution in [0, 0.1) is 0 Å². The van der Waals surface area contributed by atoms with Crippen LogP contribution in [-0.4, -0.2) is 45.5 Å². The molecule has 1 amide bonds. The lowest BCUT2D eigenvalue weighted by Crippen LogP contribution is -2.25. The largest absolute Gasteiger partial charge is 0.377 e. The molecule has 0 aliphatic rings. The van der Waals surface area contributed by atoms with E-state index >= 15 is 0 Å². The summed E-state index contributed by atoms with van der Waals surface area (Å²) in [5, 5.41) is 2.62. The fourth-order valence-corrected chi connectivity index (χ4v) is 0.728. The summed E-state index contributed by atoms with van der Waals surface area (Å²) >= 11 is 0. The molecular weight excluding hydrogens is 188 g/mol. The molecule has 6 nitrogen and oxygen atoms in total. The molecule has 0 radical (unpaired) electrons. The van der Waals surface area contributed by atoms with Gasteiger partial charge < -0.3 is 19.6 Å². The molecule has 14 heavy (non-hydrogen) atoms. The molecule has 0 aromatic heterocycles. The Labute approximate surface area is 83.6 Å². The number of nitrogens with two attached hydrogens (primary N) is 1. The van der Waals surface area contributed by atoms with Gasteiger partial charge in [-0.05, 0) is 0 Å². The lowest BCUT2D eigenvalue weighted by Gasteiger charge is -2.05. The molecule has 0 aliphatic carbocycles. The first-order valence-corrected chi connectivity index (χ1v) is 4.49. The molecule has 0 aromatic carbocycles. The maximum absolute atomic E-state index is 10.4. The monoisotopic (exact) mass is 206 g/mol. The van der Waals surface area contributed by atoms with Crippen molar-refractivity contribution < 1.29 is 19.1 Å². The summed E-state index contributed by atoms with van der Waals surface area (Å²) in [7, 11) is 0. The lowest BCUT2D eigenvalue weighted by molar-refractivity contribution is -0.119. The van der Waals surface area contributed by atoms with Gasteiger partial charge in [0.25, 0.3) is 0 Å². The standard InChI is InChI=1S/C8H18N2O4/c1-8(11)10-2-3-12-4-5-13-6-7-14-9/h2-7,9H2,1H3,(H,10,11). The predicted molar refractivity (Wildman–Crippen MR) is 50.5 cm³/mol. The van der Waals surface area contributed by atoms with Gasteiger partial charge >= 0.3 is 0 Å². The number of nitrogens with one attached hydrogen (secondary N) is 1. The molecular formula is C8H18N2O4. The number of hydrogen-bond donors (Lipinski definition) is 2. The van der Waals surface area contributed by atoms with Crippen LogP contribution in [0.4, 0.5) is 0 Å². The van der Waals surface area contributed by atoms with Crippen molar-refractivity contribution in [1.82, 2.24) is 5.32 Å². The summed E-state index contributed by atoms with van der Waals surface area (Å²) in [4.78, 5) is 14.7. The van der Waals surface area contributed by atoms with E-state index in [9.17, 15) is 4.79 Å². The molecule has 0 bridgehead atoms. The van der Waals surface area contributed by atoms with E-state index in [1.807, 2.05) is 0 Å². The molecule has 0 heterocycles. The van der Waals surface area contributed by atoms with Crippen LogP contribution in [0.1, 0.15) is 6.92 Å². The molecule has 0 rings (SSSR count). The van der Waals surface area contributed by atoms with Crippen LogP contribution in [0.15, 0.2) is 0 Å². The molecule has 6 heteroatoms. The SMILES string of the molecule is CC(=O)NCCOCCOCCON. The molecule has 0 saturated heterocycles. The molecule has 0 saturated carbocycles. The predicted octanol–water partition coefficient (Wildman–Crippen LogP) is -0.954. The van der Waals surface area contributed by atoms with Gasteiger partial charge in [0, 0.05) is 13.5 Å². The fourth-order valence-electron chi connectivity index (χ4n) is 0.728. The lowest BCUT2D eigenvalue weighted by atomic mass is 10.6. The van der Waals surface area contributed by atoms with Crippen molar-refractivity contribution in [3.8, 4) is 0 Å². The van der Waals surface area contributed by atoms with E-state index in [1.165, 1.54) is 6.92 Å². The first-order chi connectivity index (χ1) is 6.77. The molecule has 0 spiro atoms. The van der Waals surface area contributed by atoms with Crippen LogP contribution >= 0.6 is 0 Å². The topological polar surface area (TPSA) is 82.8 Å². The van der Waals surface area contributed by atoms with E-state index in [-0.39, 0.29) is 5.91 Å². The van der Waals surface area contributed by atoms with E-state index in [1.54, 1.807) is 0 Å². The van der Waals surface area contributed by atoms with Crippen molar-refractivity contribution >= 4 is 5.91 Å². The van der Waals surface area contributed by atoms with Crippen molar-refractivity contribution in [2.45, 2.75) is 6.92 Å². The molecule has 0 unspecified atom stereocenters. The van der Waals surface area contributed by atoms with E-state index in [0.29, 0.717) is 39.6 Å². The van der Waals surface area contributed by atoms with Gasteiger partial charge in [-0.25, -0.2) is 5.90 Å². The Bertz CT molecular complexity index is 143. The molecule has 0 aromatic rings. The summed E-state index contributed by atoms with van der Waals surface area (Å²) in [5.41, 5.74) is 0. The highest BCUT2D eigenvalue weighted by Gasteiger charge is 1.91.